The molecule has 0 aliphatic heterocycles. The summed E-state index contributed by atoms with van der Waals surface area (Å²) in [7, 11) is 0. The highest BCUT2D eigenvalue weighted by molar-refractivity contribution is 6.30. The molecule has 6 atom stereocenters. The largest absolute Gasteiger partial charge is 0.508 e. The third-order valence-electron chi connectivity index (χ3n) is 9.90. The predicted molar refractivity (Wildman–Crippen MR) is 239 cm³/mol. The van der Waals surface area contributed by atoms with Gasteiger partial charge in [-0.05, 0) is 99.2 Å². The minimum absolute atomic E-state index is 0.00124. The van der Waals surface area contributed by atoms with Crippen LogP contribution < -0.4 is 48.7 Å². The van der Waals surface area contributed by atoms with Gasteiger partial charge in [0.2, 0.25) is 47.3 Å². The molecule has 0 aliphatic rings. The van der Waals surface area contributed by atoms with E-state index < -0.39 is 96.7 Å². The Balaban J connectivity index is 1.61. The molecule has 0 bridgehead atoms. The number of hydrogen-bond donors (Lipinski definition) is 12. The Morgan fingerprint density at radius 1 is 0.585 bits per heavy atom. The number of phenols is 2. The van der Waals surface area contributed by atoms with Gasteiger partial charge < -0.3 is 64.0 Å². The summed E-state index contributed by atoms with van der Waals surface area (Å²) in [6.45, 7) is 1.60. The zero-order chi connectivity index (χ0) is 48.1. The summed E-state index contributed by atoms with van der Waals surface area (Å²) < 4.78 is 0. The van der Waals surface area contributed by atoms with E-state index in [1.54, 1.807) is 24.3 Å². The van der Waals surface area contributed by atoms with E-state index in [1.165, 1.54) is 62.4 Å². The molecule has 3 rings (SSSR count). The molecule has 20 nitrogen and oxygen atoms in total. The van der Waals surface area contributed by atoms with E-state index in [-0.39, 0.29) is 43.7 Å². The zero-order valence-corrected chi connectivity index (χ0v) is 36.9. The number of carbonyl (C=O) groups excluding carboxylic acids is 8. The maximum atomic E-state index is 13.5. The maximum Gasteiger partial charge on any atom is 0.245 e. The summed E-state index contributed by atoms with van der Waals surface area (Å²) in [5, 5.41) is 47.5. The number of aromatic hydroxyl groups is 2. The van der Waals surface area contributed by atoms with Crippen molar-refractivity contribution in [1.82, 2.24) is 37.2 Å². The molecule has 0 saturated heterocycles. The molecule has 2 unspecified atom stereocenters. The number of phenolic OH excluding ortho intramolecular Hbond substituents is 2. The molecule has 8 amide bonds. The minimum atomic E-state index is -1.60. The molecule has 0 fully saturated rings. The third kappa shape index (κ3) is 19.2. The lowest BCUT2D eigenvalue weighted by Crippen LogP contribution is -2.59. The van der Waals surface area contributed by atoms with Crippen LogP contribution in [-0.4, -0.2) is 119 Å². The van der Waals surface area contributed by atoms with Crippen molar-refractivity contribution in [2.45, 2.75) is 95.1 Å². The number of hydrogen-bond acceptors (Lipinski definition) is 12. The minimum Gasteiger partial charge on any atom is -0.508 e. The summed E-state index contributed by atoms with van der Waals surface area (Å²) >= 11 is 5.93. The van der Waals surface area contributed by atoms with Gasteiger partial charge in [0.15, 0.2) is 0 Å². The van der Waals surface area contributed by atoms with Crippen molar-refractivity contribution in [3.8, 4) is 11.5 Å². The number of aliphatic hydroxyl groups excluding tert-OH is 1. The Morgan fingerprint density at radius 2 is 1.09 bits per heavy atom. The number of carbonyl (C=O) groups is 8. The molecule has 3 aromatic rings. The van der Waals surface area contributed by atoms with E-state index in [2.05, 4.69) is 37.2 Å². The second-order valence-electron chi connectivity index (χ2n) is 15.3. The van der Waals surface area contributed by atoms with E-state index in [0.717, 1.165) is 5.56 Å². The summed E-state index contributed by atoms with van der Waals surface area (Å²) in [5.74, 6) is -6.26. The van der Waals surface area contributed by atoms with E-state index in [9.17, 15) is 53.7 Å². The highest BCUT2D eigenvalue weighted by Crippen LogP contribution is 2.14. The van der Waals surface area contributed by atoms with Gasteiger partial charge in [-0.3, -0.25) is 38.4 Å². The van der Waals surface area contributed by atoms with Crippen molar-refractivity contribution in [2.24, 2.45) is 11.5 Å². The van der Waals surface area contributed by atoms with Gasteiger partial charge in [-0.1, -0.05) is 48.0 Å². The van der Waals surface area contributed by atoms with Crippen LogP contribution in [0.2, 0.25) is 5.02 Å². The smallest absolute Gasteiger partial charge is 0.245 e. The van der Waals surface area contributed by atoms with Gasteiger partial charge in [-0.15, -0.1) is 0 Å². The number of nitrogens with two attached hydrogens (primary N) is 2. The maximum absolute atomic E-state index is 13.5. The van der Waals surface area contributed by atoms with Gasteiger partial charge in [0.1, 0.15) is 41.7 Å². The number of primary amides is 1. The van der Waals surface area contributed by atoms with E-state index in [0.29, 0.717) is 35.4 Å². The number of rotatable bonds is 26. The summed E-state index contributed by atoms with van der Waals surface area (Å²) in [6, 6.07) is 12.3. The normalized spacial score (nSPS) is 13.6. The number of unbranched alkanes of at least 4 members (excludes halogenated alkanes) is 1. The quantitative estimate of drug-likeness (QED) is 0.0425. The van der Waals surface area contributed by atoms with Crippen LogP contribution in [0, 0.1) is 0 Å². The van der Waals surface area contributed by atoms with Crippen molar-refractivity contribution in [3.63, 3.8) is 0 Å². The lowest BCUT2D eigenvalue weighted by atomic mass is 10.0. The molecule has 0 aliphatic carbocycles. The van der Waals surface area contributed by atoms with Crippen LogP contribution in [0.1, 0.15) is 56.2 Å². The zero-order valence-electron chi connectivity index (χ0n) is 36.1. The number of halogens is 1. The lowest BCUT2D eigenvalue weighted by molar-refractivity contribution is -0.135. The molecular formula is C44H58ClN9O11. The Labute approximate surface area is 381 Å². The van der Waals surface area contributed by atoms with Crippen molar-refractivity contribution < 1.29 is 53.7 Å². The molecule has 0 spiro atoms. The van der Waals surface area contributed by atoms with E-state index >= 15 is 0 Å². The highest BCUT2D eigenvalue weighted by Gasteiger charge is 2.31. The number of aliphatic hydroxyl groups is 1. The van der Waals surface area contributed by atoms with Crippen molar-refractivity contribution in [3.05, 3.63) is 94.5 Å². The highest BCUT2D eigenvalue weighted by atomic mass is 35.5. The van der Waals surface area contributed by atoms with Crippen molar-refractivity contribution in [1.29, 1.82) is 0 Å². The lowest BCUT2D eigenvalue weighted by Gasteiger charge is -2.25. The molecule has 0 heterocycles. The van der Waals surface area contributed by atoms with Gasteiger partial charge in [0.05, 0.1) is 19.2 Å². The summed E-state index contributed by atoms with van der Waals surface area (Å²) in [4.78, 5) is 104. The van der Waals surface area contributed by atoms with Crippen molar-refractivity contribution in [2.75, 3.05) is 19.6 Å². The third-order valence-corrected chi connectivity index (χ3v) is 10.1. The summed E-state index contributed by atoms with van der Waals surface area (Å²) in [6.07, 6.45) is -0.237. The Kier molecular flexibility index (Phi) is 21.6. The predicted octanol–water partition coefficient (Wildman–Crippen LogP) is -1.16. The van der Waals surface area contributed by atoms with Gasteiger partial charge in [0.25, 0.3) is 0 Å². The molecule has 0 aromatic heterocycles. The Bertz CT molecular complexity index is 2090. The molecule has 21 heteroatoms. The number of amides is 8. The van der Waals surface area contributed by atoms with Crippen molar-refractivity contribution >= 4 is 58.9 Å². The van der Waals surface area contributed by atoms with Gasteiger partial charge in [-0.2, -0.15) is 0 Å². The molecule has 3 aromatic carbocycles. The first-order valence-corrected chi connectivity index (χ1v) is 21.2. The van der Waals surface area contributed by atoms with E-state index in [1.807, 2.05) is 0 Å². The molecule has 0 radical (unpaired) electrons. The van der Waals surface area contributed by atoms with Crippen LogP contribution in [0.25, 0.3) is 0 Å². The van der Waals surface area contributed by atoms with Crippen LogP contribution in [0.4, 0.5) is 0 Å². The summed E-state index contributed by atoms with van der Waals surface area (Å²) in [5.41, 5.74) is 13.1. The van der Waals surface area contributed by atoms with Gasteiger partial charge in [0, 0.05) is 24.3 Å². The van der Waals surface area contributed by atoms with Gasteiger partial charge in [-0.25, -0.2) is 0 Å². The first-order chi connectivity index (χ1) is 30.8. The average Bonchev–Trinajstić information content (AvgIpc) is 3.26. The molecular weight excluding hydrogens is 866 g/mol. The number of aryl methyl sites for hydroxylation is 1. The Hall–Kier alpha value is -6.77. The average molecular weight is 924 g/mol. The monoisotopic (exact) mass is 923 g/mol. The first kappa shape index (κ1) is 52.6. The topological polar surface area (TPSA) is 333 Å². The van der Waals surface area contributed by atoms with Crippen LogP contribution in [-0.2, 0) is 57.6 Å². The Morgan fingerprint density at radius 3 is 1.62 bits per heavy atom. The molecule has 14 N–H and O–H groups in total. The molecule has 0 saturated carbocycles. The molecule has 352 valence electrons. The van der Waals surface area contributed by atoms with Crippen LogP contribution in [0.3, 0.4) is 0 Å². The second-order valence-corrected chi connectivity index (χ2v) is 15.7. The fourth-order valence-electron chi connectivity index (χ4n) is 6.23. The van der Waals surface area contributed by atoms with E-state index in [4.69, 9.17) is 23.1 Å². The first-order valence-electron chi connectivity index (χ1n) is 20.9. The van der Waals surface area contributed by atoms with Gasteiger partial charge >= 0.3 is 0 Å². The van der Waals surface area contributed by atoms with Crippen LogP contribution in [0.15, 0.2) is 72.8 Å². The number of nitrogens with one attached hydrogen (secondary N) is 7. The standard InChI is InChI=1S/C44H58ClN9O11/c1-25(50-36(58)19-12-27-6-13-30(45)14-7-27)41(62)53-35(22-29-10-17-32(57)18-11-29)42(63)48-23-37(59)51-33(5-3-4-20-46)43(64)54-39(26(2)55)44(65)49-24-38(60)52-34(40(47)61)21-28-8-15-31(56)16-9-28/h6-11,13-18,25-26,33-35,39,55-57H,3-5,12,19-24,46H2,1-2H3,(H2,47,61)(H,48,63)(H,49,65)(H,50,58)(H,51,59)(H,52,60)(H,53,62)(H,54,64)/t25-,26?,33-,34+,35-,39?/m0/s1. The number of benzene rings is 3. The van der Waals surface area contributed by atoms with Crippen LogP contribution in [0.5, 0.6) is 11.5 Å². The molecule has 65 heavy (non-hydrogen) atoms. The second kappa shape index (κ2) is 26.8. The fourth-order valence-corrected chi connectivity index (χ4v) is 6.36. The fraction of sp³-hybridized carbons (Fsp3) is 0.409. The SMILES string of the molecule is CC(O)C(NC(=O)[C@H](CCCCN)NC(=O)CNC(=O)[C@H](Cc1ccc(O)cc1)NC(=O)[C@H](C)NC(=O)CCc1ccc(Cl)cc1)C(=O)NCC(=O)N[C@H](Cc1ccc(O)cc1)C(N)=O. The van der Waals surface area contributed by atoms with Crippen LogP contribution >= 0.6 is 11.6 Å².